The normalized spacial score (nSPS) is 12.8. The number of methoxy groups -OCH3 is 2. The van der Waals surface area contributed by atoms with Gasteiger partial charge in [0.25, 0.3) is 0 Å². The number of rotatable bonds is 8. The van der Waals surface area contributed by atoms with Crippen molar-refractivity contribution in [2.75, 3.05) is 14.2 Å². The summed E-state index contributed by atoms with van der Waals surface area (Å²) in [6, 6.07) is 23.1. The molecular weight excluding hydrogens is 643 g/mol. The van der Waals surface area contributed by atoms with E-state index in [0.717, 1.165) is 26.9 Å². The van der Waals surface area contributed by atoms with Crippen molar-refractivity contribution in [3.63, 3.8) is 0 Å². The highest BCUT2D eigenvalue weighted by atomic mass is 32.2. The van der Waals surface area contributed by atoms with Gasteiger partial charge in [0.2, 0.25) is 0 Å². The van der Waals surface area contributed by atoms with Gasteiger partial charge >= 0.3 is 28.4 Å². The maximum Gasteiger partial charge on any atom is 0.460 e. The van der Waals surface area contributed by atoms with Gasteiger partial charge in [0.05, 0.1) is 19.8 Å². The second-order valence-electron chi connectivity index (χ2n) is 8.43. The van der Waals surface area contributed by atoms with Gasteiger partial charge in [-0.2, -0.15) is 39.5 Å². The van der Waals surface area contributed by atoms with Crippen LogP contribution in [0, 0.1) is 6.92 Å². The van der Waals surface area contributed by atoms with Crippen molar-refractivity contribution in [3.8, 4) is 11.5 Å². The van der Waals surface area contributed by atoms with E-state index < -0.39 is 44.3 Å². The number of hydrogen-bond donors (Lipinski definition) is 0. The van der Waals surface area contributed by atoms with Crippen molar-refractivity contribution in [2.24, 2.45) is 0 Å². The molecule has 0 saturated carbocycles. The Balaban J connectivity index is 0.000000332. The Bertz CT molecular complexity index is 1440. The highest BCUT2D eigenvalue weighted by molar-refractivity contribution is 8.11. The quantitative estimate of drug-likeness (QED) is 0.149. The number of ether oxygens (including phenoxy) is 2. The van der Waals surface area contributed by atoms with Gasteiger partial charge in [-0.05, 0) is 67.6 Å². The Morgan fingerprint density at radius 2 is 1.05 bits per heavy atom. The molecule has 3 aromatic rings. The van der Waals surface area contributed by atoms with E-state index in [1.807, 2.05) is 79.7 Å². The lowest BCUT2D eigenvalue weighted by Gasteiger charge is -2.34. The summed E-state index contributed by atoms with van der Waals surface area (Å²) in [5, 5.41) is -7.01. The minimum atomic E-state index is -7.43. The zero-order valence-corrected chi connectivity index (χ0v) is 23.7. The molecule has 3 rings (SSSR count). The molecule has 0 radical (unpaired) electrons. The summed E-state index contributed by atoms with van der Waals surface area (Å²) in [4.78, 5) is 15.2. The third-order valence-corrected chi connectivity index (χ3v) is 8.47. The number of carbonyl (C=O) groups excluding carboxylic acids is 1. The maximum atomic E-state index is 13.3. The van der Waals surface area contributed by atoms with Crippen LogP contribution in [0.25, 0.3) is 0 Å². The predicted molar refractivity (Wildman–Crippen MR) is 136 cm³/mol. The molecule has 0 spiro atoms. The molecule has 3 aromatic carbocycles. The van der Waals surface area contributed by atoms with Crippen LogP contribution in [0.1, 0.15) is 15.9 Å². The van der Waals surface area contributed by atoms with E-state index in [0.29, 0.717) is 5.56 Å². The van der Waals surface area contributed by atoms with Gasteiger partial charge in [0.1, 0.15) is 22.4 Å². The van der Waals surface area contributed by atoms with E-state index in [1.54, 1.807) is 14.2 Å². The summed E-state index contributed by atoms with van der Waals surface area (Å²) in [5.74, 6) is -13.3. The number of hydrogen-bond acceptors (Lipinski definition) is 6. The van der Waals surface area contributed by atoms with Crippen molar-refractivity contribution in [1.29, 1.82) is 0 Å². The maximum absolute atomic E-state index is 13.3. The summed E-state index contributed by atoms with van der Waals surface area (Å²) in [5.41, 5.74) is 1.85. The molecular formula is C26H21F9O6S2. The van der Waals surface area contributed by atoms with Crippen molar-refractivity contribution >= 4 is 26.1 Å². The van der Waals surface area contributed by atoms with Gasteiger partial charge in [-0.1, -0.05) is 17.7 Å². The largest absolute Gasteiger partial charge is 0.743 e. The van der Waals surface area contributed by atoms with Crippen LogP contribution in [0.4, 0.5) is 39.5 Å². The molecule has 0 aliphatic rings. The first-order valence-corrected chi connectivity index (χ1v) is 14.0. The molecule has 0 fully saturated rings. The summed E-state index contributed by atoms with van der Waals surface area (Å²) in [7, 11) is -4.87. The summed E-state index contributed by atoms with van der Waals surface area (Å²) >= 11 is 0. The lowest BCUT2D eigenvalue weighted by molar-refractivity contribution is -0.382. The van der Waals surface area contributed by atoms with Crippen LogP contribution in [0.3, 0.4) is 0 Å². The fourth-order valence-corrected chi connectivity index (χ4v) is 5.43. The van der Waals surface area contributed by atoms with Gasteiger partial charge in [0.15, 0.2) is 19.9 Å². The van der Waals surface area contributed by atoms with Gasteiger partial charge < -0.3 is 14.0 Å². The molecule has 236 valence electrons. The number of halogens is 9. The lowest BCUT2D eigenvalue weighted by atomic mass is 10.1. The number of alkyl halides is 9. The SMILES string of the molecule is COc1ccc([S+](C(=O)c2ccc(C)cc2)c2ccc(OC)cc2)cc1.O=S(=O)([O-])C(F)(F)C(F)(F)C(F)(F)C(F)(F)F. The summed E-state index contributed by atoms with van der Waals surface area (Å²) < 4.78 is 146. The van der Waals surface area contributed by atoms with Crippen LogP contribution in [0.2, 0.25) is 0 Å². The van der Waals surface area contributed by atoms with Gasteiger partial charge in [0, 0.05) is 0 Å². The van der Waals surface area contributed by atoms with Crippen LogP contribution in [-0.2, 0) is 21.0 Å². The predicted octanol–water partition coefficient (Wildman–Crippen LogP) is 6.85. The summed E-state index contributed by atoms with van der Waals surface area (Å²) in [6.07, 6.45) is -7.16. The molecule has 17 heteroatoms. The van der Waals surface area contributed by atoms with Crippen molar-refractivity contribution in [2.45, 2.75) is 40.0 Å². The minimum Gasteiger partial charge on any atom is -0.743 e. The third-order valence-electron chi connectivity index (χ3n) is 5.49. The molecule has 6 nitrogen and oxygen atoms in total. The molecule has 0 unspecified atom stereocenters. The van der Waals surface area contributed by atoms with Crippen molar-refractivity contribution < 1.29 is 66.8 Å². The standard InChI is InChI=1S/C22H21O3S.C4HF9O3S/c1-16-4-6-17(7-5-16)22(23)26(20-12-8-18(24-2)9-13-20)21-14-10-19(25-3)11-15-21;5-1(6,3(9,10)11)2(7,8)4(12,13)17(14,15)16/h4-15H,1-3H3;(H,14,15,16)/q+1;/p-1. The number of aryl methyl sites for hydroxylation is 1. The third kappa shape index (κ3) is 7.56. The van der Waals surface area contributed by atoms with E-state index in [1.165, 1.54) is 0 Å². The Morgan fingerprint density at radius 1 is 0.674 bits per heavy atom. The Morgan fingerprint density at radius 3 is 1.35 bits per heavy atom. The second kappa shape index (κ2) is 13.1. The molecule has 0 heterocycles. The monoisotopic (exact) mass is 664 g/mol. The first-order valence-electron chi connectivity index (χ1n) is 11.4. The topological polar surface area (TPSA) is 92.7 Å². The van der Waals surface area contributed by atoms with E-state index in [4.69, 9.17) is 9.47 Å². The van der Waals surface area contributed by atoms with Gasteiger partial charge in [-0.15, -0.1) is 0 Å². The highest BCUT2D eigenvalue weighted by Crippen LogP contribution is 2.54. The van der Waals surface area contributed by atoms with Crippen LogP contribution >= 0.6 is 0 Å². The first-order chi connectivity index (χ1) is 19.6. The zero-order valence-electron chi connectivity index (χ0n) is 22.1. The Kier molecular flexibility index (Phi) is 10.9. The lowest BCUT2D eigenvalue weighted by Crippen LogP contribution is -2.63. The molecule has 43 heavy (non-hydrogen) atoms. The fourth-order valence-electron chi connectivity index (χ4n) is 3.10. The average molecular weight is 665 g/mol. The molecule has 0 atom stereocenters. The Labute approximate surface area is 242 Å². The average Bonchev–Trinajstić information content (AvgIpc) is 2.93. The van der Waals surface area contributed by atoms with Crippen LogP contribution in [0.5, 0.6) is 11.5 Å². The molecule has 0 aliphatic carbocycles. The van der Waals surface area contributed by atoms with Crippen LogP contribution < -0.4 is 9.47 Å². The molecule has 0 saturated heterocycles. The van der Waals surface area contributed by atoms with Crippen LogP contribution in [0.15, 0.2) is 82.6 Å². The fraction of sp³-hybridized carbons (Fsp3) is 0.269. The first kappa shape index (κ1) is 35.8. The van der Waals surface area contributed by atoms with Crippen molar-refractivity contribution in [1.82, 2.24) is 0 Å². The van der Waals surface area contributed by atoms with Gasteiger partial charge in [-0.25, -0.2) is 13.2 Å². The van der Waals surface area contributed by atoms with E-state index in [-0.39, 0.29) is 5.12 Å². The Hall–Kier alpha value is -3.44. The molecule has 0 aromatic heterocycles. The smallest absolute Gasteiger partial charge is 0.460 e. The zero-order chi connectivity index (χ0) is 33.0. The minimum absolute atomic E-state index is 0.0975. The molecule has 0 amide bonds. The number of carbonyl (C=O) groups is 1. The van der Waals surface area contributed by atoms with Crippen molar-refractivity contribution in [3.05, 3.63) is 83.9 Å². The van der Waals surface area contributed by atoms with Crippen LogP contribution in [-0.4, -0.2) is 55.6 Å². The molecule has 0 bridgehead atoms. The highest BCUT2D eigenvalue weighted by Gasteiger charge is 2.83. The molecule has 0 N–H and O–H groups in total. The summed E-state index contributed by atoms with van der Waals surface area (Å²) in [6.45, 7) is 2.01. The van der Waals surface area contributed by atoms with E-state index in [2.05, 4.69) is 0 Å². The van der Waals surface area contributed by atoms with Gasteiger partial charge in [-0.3, -0.25) is 0 Å². The van der Waals surface area contributed by atoms with E-state index in [9.17, 15) is 57.3 Å². The second-order valence-corrected chi connectivity index (χ2v) is 11.8. The number of benzene rings is 3. The molecule has 0 aliphatic heterocycles. The van der Waals surface area contributed by atoms with E-state index >= 15 is 0 Å².